The molecular weight excluding hydrogens is 372 g/mol. The van der Waals surface area contributed by atoms with Crippen LogP contribution in [-0.4, -0.2) is 47.0 Å². The zero-order valence-electron chi connectivity index (χ0n) is 16.2. The lowest BCUT2D eigenvalue weighted by molar-refractivity contribution is -0.131. The molecule has 7 heteroatoms. The van der Waals surface area contributed by atoms with Crippen LogP contribution in [0.1, 0.15) is 23.4 Å². The number of piperazine rings is 1. The van der Waals surface area contributed by atoms with E-state index in [2.05, 4.69) is 21.8 Å². The fourth-order valence-electron chi connectivity index (χ4n) is 3.46. The number of thiophene rings is 1. The number of aromatic nitrogens is 2. The maximum atomic E-state index is 12.6. The van der Waals surface area contributed by atoms with Crippen LogP contribution in [0.25, 0.3) is 10.6 Å². The Morgan fingerprint density at radius 2 is 1.96 bits per heavy atom. The minimum atomic E-state index is 0.185. The van der Waals surface area contributed by atoms with Gasteiger partial charge in [-0.25, -0.2) is 9.97 Å². The smallest absolute Gasteiger partial charge is 0.223 e. The van der Waals surface area contributed by atoms with Gasteiger partial charge < -0.3 is 14.2 Å². The van der Waals surface area contributed by atoms with Gasteiger partial charge in [-0.1, -0.05) is 6.07 Å². The van der Waals surface area contributed by atoms with Gasteiger partial charge in [-0.2, -0.15) is 0 Å². The number of carbonyl (C=O) groups excluding carboxylic acids is 1. The fraction of sp³-hybridized carbons (Fsp3) is 0.381. The van der Waals surface area contributed by atoms with E-state index < -0.39 is 0 Å². The number of furan rings is 1. The summed E-state index contributed by atoms with van der Waals surface area (Å²) in [6.45, 7) is 7.09. The molecular formula is C21H24N4O2S. The maximum absolute atomic E-state index is 12.6. The van der Waals surface area contributed by atoms with Gasteiger partial charge in [-0.15, -0.1) is 11.3 Å². The third-order valence-electron chi connectivity index (χ3n) is 5.25. The van der Waals surface area contributed by atoms with Crippen LogP contribution in [0.4, 0.5) is 5.82 Å². The Hall–Kier alpha value is -2.67. The summed E-state index contributed by atoms with van der Waals surface area (Å²) in [6.07, 6.45) is 2.72. The Kier molecular flexibility index (Phi) is 5.43. The summed E-state index contributed by atoms with van der Waals surface area (Å²) in [6, 6.07) is 8.01. The van der Waals surface area contributed by atoms with Crippen molar-refractivity contribution >= 4 is 23.1 Å². The summed E-state index contributed by atoms with van der Waals surface area (Å²) < 4.78 is 5.88. The van der Waals surface area contributed by atoms with Crippen molar-refractivity contribution in [3.8, 4) is 10.6 Å². The molecule has 146 valence electrons. The molecule has 0 radical (unpaired) electrons. The van der Waals surface area contributed by atoms with Crippen molar-refractivity contribution in [2.24, 2.45) is 0 Å². The van der Waals surface area contributed by atoms with Crippen LogP contribution in [0, 0.1) is 13.8 Å². The summed E-state index contributed by atoms with van der Waals surface area (Å²) in [5.41, 5.74) is 2.12. The molecule has 4 heterocycles. The summed E-state index contributed by atoms with van der Waals surface area (Å²) in [4.78, 5) is 26.6. The quantitative estimate of drug-likeness (QED) is 0.658. The molecule has 0 spiro atoms. The first-order valence-corrected chi connectivity index (χ1v) is 10.4. The highest BCUT2D eigenvalue weighted by Gasteiger charge is 2.23. The molecule has 3 aromatic heterocycles. The molecule has 6 nitrogen and oxygen atoms in total. The summed E-state index contributed by atoms with van der Waals surface area (Å²) in [7, 11) is 0. The first-order valence-electron chi connectivity index (χ1n) is 9.55. The highest BCUT2D eigenvalue weighted by atomic mass is 32.1. The van der Waals surface area contributed by atoms with E-state index >= 15 is 0 Å². The second-order valence-corrected chi connectivity index (χ2v) is 7.97. The number of carbonyl (C=O) groups is 1. The van der Waals surface area contributed by atoms with Crippen LogP contribution in [0.2, 0.25) is 0 Å². The normalized spacial score (nSPS) is 14.5. The number of anilines is 1. The third-order valence-corrected chi connectivity index (χ3v) is 6.14. The van der Waals surface area contributed by atoms with E-state index in [9.17, 15) is 4.79 Å². The van der Waals surface area contributed by atoms with Crippen molar-refractivity contribution in [1.29, 1.82) is 0 Å². The lowest BCUT2D eigenvalue weighted by Crippen LogP contribution is -2.49. The second kappa shape index (κ2) is 8.14. The maximum Gasteiger partial charge on any atom is 0.223 e. The van der Waals surface area contributed by atoms with Gasteiger partial charge in [0.1, 0.15) is 23.7 Å². The molecule has 0 N–H and O–H groups in total. The Morgan fingerprint density at radius 1 is 1.14 bits per heavy atom. The zero-order chi connectivity index (χ0) is 19.5. The molecule has 0 saturated carbocycles. The van der Waals surface area contributed by atoms with Crippen molar-refractivity contribution in [1.82, 2.24) is 14.9 Å². The molecule has 0 aliphatic carbocycles. The zero-order valence-corrected chi connectivity index (χ0v) is 17.0. The van der Waals surface area contributed by atoms with Gasteiger partial charge in [-0.05, 0) is 37.4 Å². The number of nitrogens with zero attached hydrogens (tertiary/aromatic N) is 4. The number of hydrogen-bond donors (Lipinski definition) is 0. The predicted molar refractivity (Wildman–Crippen MR) is 111 cm³/mol. The van der Waals surface area contributed by atoms with Gasteiger partial charge in [0.25, 0.3) is 0 Å². The number of rotatable bonds is 5. The van der Waals surface area contributed by atoms with Crippen LogP contribution in [-0.2, 0) is 11.2 Å². The summed E-state index contributed by atoms with van der Waals surface area (Å²) in [5, 5.41) is 2.03. The van der Waals surface area contributed by atoms with Crippen LogP contribution in [0.15, 0.2) is 40.4 Å². The highest BCUT2D eigenvalue weighted by molar-refractivity contribution is 7.13. The third kappa shape index (κ3) is 3.94. The monoisotopic (exact) mass is 396 g/mol. The molecule has 0 atom stereocenters. The first-order chi connectivity index (χ1) is 13.6. The van der Waals surface area contributed by atoms with E-state index in [1.165, 1.54) is 0 Å². The van der Waals surface area contributed by atoms with Crippen molar-refractivity contribution in [3.05, 3.63) is 53.0 Å². The Bertz CT molecular complexity index is 943. The minimum absolute atomic E-state index is 0.185. The molecule has 0 bridgehead atoms. The average molecular weight is 397 g/mol. The SMILES string of the molecule is Cc1ncnc(N2CCN(C(=O)CCc3ccc(-c4cccs4)o3)CC2)c1C. The van der Waals surface area contributed by atoms with Crippen molar-refractivity contribution in [3.63, 3.8) is 0 Å². The molecule has 0 aromatic carbocycles. The van der Waals surface area contributed by atoms with Crippen molar-refractivity contribution < 1.29 is 9.21 Å². The first kappa shape index (κ1) is 18.7. The van der Waals surface area contributed by atoms with Gasteiger partial charge in [0, 0.05) is 50.3 Å². The average Bonchev–Trinajstić information content (AvgIpc) is 3.40. The number of amides is 1. The molecule has 1 fully saturated rings. The van der Waals surface area contributed by atoms with Crippen molar-refractivity contribution in [2.45, 2.75) is 26.7 Å². The van der Waals surface area contributed by atoms with Gasteiger partial charge in [0.05, 0.1) is 4.88 Å². The predicted octanol–water partition coefficient (Wildman–Crippen LogP) is 3.70. The second-order valence-electron chi connectivity index (χ2n) is 7.02. The summed E-state index contributed by atoms with van der Waals surface area (Å²) >= 11 is 1.65. The topological polar surface area (TPSA) is 62.5 Å². The molecule has 1 saturated heterocycles. The van der Waals surface area contributed by atoms with Gasteiger partial charge in [-0.3, -0.25) is 4.79 Å². The Balaban J connectivity index is 1.29. The number of hydrogen-bond acceptors (Lipinski definition) is 6. The number of aryl methyl sites for hydroxylation is 2. The Morgan fingerprint density at radius 3 is 2.71 bits per heavy atom. The molecule has 0 unspecified atom stereocenters. The minimum Gasteiger partial charge on any atom is -0.460 e. The Labute approximate surface area is 168 Å². The molecule has 4 rings (SSSR count). The lowest BCUT2D eigenvalue weighted by Gasteiger charge is -2.36. The largest absolute Gasteiger partial charge is 0.460 e. The van der Waals surface area contributed by atoms with Gasteiger partial charge >= 0.3 is 0 Å². The standard InChI is InChI=1S/C21H24N4O2S/c1-15-16(2)22-14-23-21(15)25-11-9-24(10-12-25)20(26)8-6-17-5-7-18(27-17)19-4-3-13-28-19/h3-5,7,13-14H,6,8-12H2,1-2H3. The van der Waals surface area contributed by atoms with Crippen molar-refractivity contribution in [2.75, 3.05) is 31.1 Å². The van der Waals surface area contributed by atoms with E-state index in [4.69, 9.17) is 4.42 Å². The van der Waals surface area contributed by atoms with Crippen LogP contribution >= 0.6 is 11.3 Å². The molecule has 1 amide bonds. The highest BCUT2D eigenvalue weighted by Crippen LogP contribution is 2.27. The van der Waals surface area contributed by atoms with E-state index in [1.54, 1.807) is 17.7 Å². The van der Waals surface area contributed by atoms with E-state index in [0.29, 0.717) is 12.8 Å². The molecule has 1 aliphatic rings. The summed E-state index contributed by atoms with van der Waals surface area (Å²) in [5.74, 6) is 2.91. The molecule has 28 heavy (non-hydrogen) atoms. The van der Waals surface area contributed by atoms with E-state index in [0.717, 1.165) is 59.7 Å². The molecule has 3 aromatic rings. The van der Waals surface area contributed by atoms with E-state index in [1.807, 2.05) is 41.5 Å². The van der Waals surface area contributed by atoms with Crippen LogP contribution in [0.5, 0.6) is 0 Å². The fourth-order valence-corrected chi connectivity index (χ4v) is 4.15. The van der Waals surface area contributed by atoms with Gasteiger partial charge in [0.15, 0.2) is 0 Å². The van der Waals surface area contributed by atoms with Gasteiger partial charge in [0.2, 0.25) is 5.91 Å². The molecule has 1 aliphatic heterocycles. The van der Waals surface area contributed by atoms with Crippen LogP contribution in [0.3, 0.4) is 0 Å². The lowest BCUT2D eigenvalue weighted by atomic mass is 10.2. The van der Waals surface area contributed by atoms with Crippen LogP contribution < -0.4 is 4.90 Å². The van der Waals surface area contributed by atoms with E-state index in [-0.39, 0.29) is 5.91 Å².